The quantitative estimate of drug-likeness (QED) is 0.385. The fourth-order valence-electron chi connectivity index (χ4n) is 4.56. The predicted molar refractivity (Wildman–Crippen MR) is 121 cm³/mol. The second-order valence-corrected chi connectivity index (χ2v) is 7.74. The molecular weight excluding hydrogens is 386 g/mol. The predicted octanol–water partition coefficient (Wildman–Crippen LogP) is 5.52. The molecule has 1 aliphatic rings. The first kappa shape index (κ1) is 17.7. The minimum Gasteiger partial charge on any atom is -0.422 e. The Morgan fingerprint density at radius 2 is 1.55 bits per heavy atom. The summed E-state index contributed by atoms with van der Waals surface area (Å²) < 4.78 is 7.66. The van der Waals surface area contributed by atoms with Gasteiger partial charge >= 0.3 is 5.63 Å². The van der Waals surface area contributed by atoms with Crippen LogP contribution in [0.2, 0.25) is 0 Å². The minimum absolute atomic E-state index is 0.272. The summed E-state index contributed by atoms with van der Waals surface area (Å²) in [6.45, 7) is 1.99. The van der Waals surface area contributed by atoms with Gasteiger partial charge in [-0.1, -0.05) is 60.7 Å². The van der Waals surface area contributed by atoms with Crippen LogP contribution in [0.4, 0.5) is 11.5 Å². The van der Waals surface area contributed by atoms with E-state index in [0.29, 0.717) is 11.1 Å². The van der Waals surface area contributed by atoms with Crippen molar-refractivity contribution in [2.24, 2.45) is 0 Å². The molecule has 1 aliphatic heterocycles. The summed E-state index contributed by atoms with van der Waals surface area (Å²) in [6.07, 6.45) is 0. The van der Waals surface area contributed by atoms with Crippen LogP contribution in [0.15, 0.2) is 94.1 Å². The Labute approximate surface area is 178 Å². The molecule has 3 heterocycles. The molecule has 0 radical (unpaired) electrons. The fourth-order valence-corrected chi connectivity index (χ4v) is 4.56. The summed E-state index contributed by atoms with van der Waals surface area (Å²) in [5.74, 6) is 0.603. The number of benzene rings is 3. The van der Waals surface area contributed by atoms with Gasteiger partial charge in [-0.25, -0.2) is 9.48 Å². The third-order valence-electron chi connectivity index (χ3n) is 5.91. The van der Waals surface area contributed by atoms with E-state index in [0.717, 1.165) is 39.4 Å². The number of rotatable bonds is 2. The van der Waals surface area contributed by atoms with Crippen LogP contribution < -0.4 is 10.9 Å². The molecule has 0 saturated heterocycles. The molecule has 31 heavy (non-hydrogen) atoms. The number of aromatic nitrogens is 2. The van der Waals surface area contributed by atoms with E-state index in [9.17, 15) is 4.79 Å². The Balaban J connectivity index is 1.72. The van der Waals surface area contributed by atoms with Crippen LogP contribution in [-0.4, -0.2) is 9.78 Å². The van der Waals surface area contributed by atoms with Gasteiger partial charge in [-0.2, -0.15) is 5.10 Å². The van der Waals surface area contributed by atoms with Crippen molar-refractivity contribution in [2.45, 2.75) is 12.8 Å². The van der Waals surface area contributed by atoms with E-state index >= 15 is 0 Å². The minimum atomic E-state index is -0.326. The van der Waals surface area contributed by atoms with E-state index in [-0.39, 0.29) is 11.5 Å². The molecule has 150 valence electrons. The molecule has 6 rings (SSSR count). The highest BCUT2D eigenvalue weighted by Gasteiger charge is 2.36. The van der Waals surface area contributed by atoms with Gasteiger partial charge in [0, 0.05) is 16.9 Å². The molecule has 1 N–H and O–H groups in total. The molecule has 1 unspecified atom stereocenters. The lowest BCUT2D eigenvalue weighted by molar-refractivity contribution is 0.548. The van der Waals surface area contributed by atoms with Crippen molar-refractivity contribution in [1.82, 2.24) is 9.78 Å². The maximum Gasteiger partial charge on any atom is 0.342 e. The zero-order valence-electron chi connectivity index (χ0n) is 16.9. The fraction of sp³-hybridized carbons (Fsp3) is 0.0769. The lowest BCUT2D eigenvalue weighted by Crippen LogP contribution is -2.23. The van der Waals surface area contributed by atoms with Crippen LogP contribution in [0.1, 0.15) is 28.3 Å². The second-order valence-electron chi connectivity index (χ2n) is 7.74. The topological polar surface area (TPSA) is 60.1 Å². The van der Waals surface area contributed by atoms with Gasteiger partial charge in [0.2, 0.25) is 0 Å². The zero-order valence-corrected chi connectivity index (χ0v) is 16.9. The smallest absolute Gasteiger partial charge is 0.342 e. The van der Waals surface area contributed by atoms with Gasteiger partial charge < -0.3 is 9.73 Å². The van der Waals surface area contributed by atoms with Crippen molar-refractivity contribution in [3.8, 4) is 5.69 Å². The monoisotopic (exact) mass is 405 g/mol. The summed E-state index contributed by atoms with van der Waals surface area (Å²) in [5, 5.41) is 9.28. The summed E-state index contributed by atoms with van der Waals surface area (Å²) in [6, 6.07) is 27.7. The van der Waals surface area contributed by atoms with E-state index in [4.69, 9.17) is 9.52 Å². The molecule has 1 atom stereocenters. The average Bonchev–Trinajstić information content (AvgIpc) is 3.15. The molecule has 0 bridgehead atoms. The molecule has 2 aromatic heterocycles. The summed E-state index contributed by atoms with van der Waals surface area (Å²) in [4.78, 5) is 13.2. The molecule has 0 amide bonds. The van der Waals surface area contributed by atoms with Gasteiger partial charge in [-0.05, 0) is 36.8 Å². The van der Waals surface area contributed by atoms with Crippen LogP contribution in [0, 0.1) is 6.92 Å². The van der Waals surface area contributed by atoms with Crippen LogP contribution in [0.5, 0.6) is 0 Å². The number of hydrogen-bond acceptors (Lipinski definition) is 4. The number of hydrogen-bond donors (Lipinski definition) is 1. The van der Waals surface area contributed by atoms with Gasteiger partial charge in [0.1, 0.15) is 11.4 Å². The highest BCUT2D eigenvalue weighted by atomic mass is 16.4. The van der Waals surface area contributed by atoms with E-state index in [1.54, 1.807) is 0 Å². The maximum atomic E-state index is 13.2. The molecular formula is C26H19N3O2. The second kappa shape index (κ2) is 6.71. The summed E-state index contributed by atoms with van der Waals surface area (Å²) in [5.41, 5.74) is 5.50. The Hall–Kier alpha value is -4.12. The lowest BCUT2D eigenvalue weighted by Gasteiger charge is -2.28. The molecule has 3 aromatic carbocycles. The van der Waals surface area contributed by atoms with Crippen molar-refractivity contribution in [3.05, 3.63) is 118 Å². The Kier molecular flexibility index (Phi) is 3.83. The van der Waals surface area contributed by atoms with Gasteiger partial charge in [0.25, 0.3) is 0 Å². The molecule has 5 aromatic rings. The first-order chi connectivity index (χ1) is 15.2. The lowest BCUT2D eigenvalue weighted by atomic mass is 9.82. The van der Waals surface area contributed by atoms with Gasteiger partial charge in [0.15, 0.2) is 0 Å². The van der Waals surface area contributed by atoms with Crippen LogP contribution in [0.3, 0.4) is 0 Å². The van der Waals surface area contributed by atoms with Crippen LogP contribution in [-0.2, 0) is 0 Å². The first-order valence-corrected chi connectivity index (χ1v) is 10.2. The number of anilines is 2. The van der Waals surface area contributed by atoms with E-state index in [2.05, 4.69) is 17.4 Å². The SMILES string of the molecule is Cc1nn(-c2ccccc2)c2c1C(c1ccccc1)c1c(c3ccccc3oc1=O)N2. The van der Waals surface area contributed by atoms with Crippen molar-refractivity contribution in [3.63, 3.8) is 0 Å². The highest BCUT2D eigenvalue weighted by molar-refractivity contribution is 5.96. The van der Waals surface area contributed by atoms with Crippen molar-refractivity contribution in [2.75, 3.05) is 5.32 Å². The first-order valence-electron chi connectivity index (χ1n) is 10.2. The highest BCUT2D eigenvalue weighted by Crippen LogP contribution is 2.47. The number of aryl methyl sites for hydroxylation is 1. The largest absolute Gasteiger partial charge is 0.422 e. The van der Waals surface area contributed by atoms with Crippen LogP contribution in [0.25, 0.3) is 16.7 Å². The Bertz CT molecular complexity index is 1480. The van der Waals surface area contributed by atoms with Crippen molar-refractivity contribution in [1.29, 1.82) is 0 Å². The van der Waals surface area contributed by atoms with E-state index < -0.39 is 0 Å². The standard InChI is InChI=1S/C26H19N3O2/c1-16-21-22(17-10-4-2-5-11-17)23-24(19-14-8-9-15-20(19)31-26(23)30)27-25(21)29(28-16)18-12-6-3-7-13-18/h2-15,22,27H,1H3. The Morgan fingerprint density at radius 1 is 0.871 bits per heavy atom. The summed E-state index contributed by atoms with van der Waals surface area (Å²) >= 11 is 0. The molecule has 0 saturated carbocycles. The van der Waals surface area contributed by atoms with E-state index in [1.807, 2.05) is 84.4 Å². The number of nitrogens with one attached hydrogen (secondary N) is 1. The average molecular weight is 405 g/mol. The number of para-hydroxylation sites is 2. The molecule has 5 heteroatoms. The number of nitrogens with zero attached hydrogens (tertiary/aromatic N) is 2. The third kappa shape index (κ3) is 2.63. The number of fused-ring (bicyclic) bond motifs is 4. The Morgan fingerprint density at radius 3 is 2.32 bits per heavy atom. The zero-order chi connectivity index (χ0) is 20.9. The van der Waals surface area contributed by atoms with Crippen molar-refractivity contribution < 1.29 is 4.42 Å². The van der Waals surface area contributed by atoms with Gasteiger partial charge in [0.05, 0.1) is 22.6 Å². The van der Waals surface area contributed by atoms with Gasteiger partial charge in [-0.15, -0.1) is 0 Å². The maximum absolute atomic E-state index is 13.2. The molecule has 0 aliphatic carbocycles. The molecule has 5 nitrogen and oxygen atoms in total. The normalized spacial score (nSPS) is 14.7. The molecule has 0 fully saturated rings. The van der Waals surface area contributed by atoms with Crippen molar-refractivity contribution >= 4 is 22.5 Å². The van der Waals surface area contributed by atoms with Gasteiger partial charge in [-0.3, -0.25) is 0 Å². The third-order valence-corrected chi connectivity index (χ3v) is 5.91. The summed E-state index contributed by atoms with van der Waals surface area (Å²) in [7, 11) is 0. The van der Waals surface area contributed by atoms with Crippen LogP contribution >= 0.6 is 0 Å². The van der Waals surface area contributed by atoms with E-state index in [1.165, 1.54) is 0 Å². The molecule has 0 spiro atoms.